The van der Waals surface area contributed by atoms with Crippen molar-refractivity contribution in [2.45, 2.75) is 59.1 Å². The Labute approximate surface area is 94.8 Å². The summed E-state index contributed by atoms with van der Waals surface area (Å²) in [6, 6.07) is 0.689. The van der Waals surface area contributed by atoms with Gasteiger partial charge in [0.2, 0.25) is 0 Å². The van der Waals surface area contributed by atoms with Gasteiger partial charge < -0.3 is 10.1 Å². The average Bonchev–Trinajstić information content (AvgIpc) is 2.50. The number of hydrogen-bond acceptors (Lipinski definition) is 2. The fourth-order valence-corrected chi connectivity index (χ4v) is 2.13. The van der Waals surface area contributed by atoms with Crippen molar-refractivity contribution < 1.29 is 4.74 Å². The van der Waals surface area contributed by atoms with Crippen molar-refractivity contribution in [2.24, 2.45) is 11.8 Å². The van der Waals surface area contributed by atoms with Gasteiger partial charge in [-0.3, -0.25) is 0 Å². The molecule has 1 aliphatic rings. The number of ether oxygens (including phenoxy) is 1. The van der Waals surface area contributed by atoms with E-state index in [0.29, 0.717) is 12.1 Å². The minimum atomic E-state index is 0.465. The molecule has 0 bridgehead atoms. The lowest BCUT2D eigenvalue weighted by molar-refractivity contribution is 0.0578. The highest BCUT2D eigenvalue weighted by Gasteiger charge is 2.24. The van der Waals surface area contributed by atoms with Crippen LogP contribution in [0, 0.1) is 11.8 Å². The van der Waals surface area contributed by atoms with Crippen molar-refractivity contribution in [1.82, 2.24) is 5.32 Å². The minimum Gasteiger partial charge on any atom is -0.377 e. The molecule has 0 amide bonds. The van der Waals surface area contributed by atoms with E-state index in [0.717, 1.165) is 25.0 Å². The molecule has 90 valence electrons. The topological polar surface area (TPSA) is 21.3 Å². The Bertz CT molecular complexity index is 168. The van der Waals surface area contributed by atoms with Crippen LogP contribution in [-0.2, 0) is 4.74 Å². The van der Waals surface area contributed by atoms with Crippen molar-refractivity contribution in [1.29, 1.82) is 0 Å². The van der Waals surface area contributed by atoms with Crippen molar-refractivity contribution >= 4 is 0 Å². The first-order chi connectivity index (χ1) is 7.08. The smallest absolute Gasteiger partial charge is 0.0714 e. The van der Waals surface area contributed by atoms with E-state index in [-0.39, 0.29) is 0 Å². The van der Waals surface area contributed by atoms with Gasteiger partial charge >= 0.3 is 0 Å². The van der Waals surface area contributed by atoms with E-state index in [2.05, 4.69) is 33.0 Å². The molecule has 2 nitrogen and oxygen atoms in total. The summed E-state index contributed by atoms with van der Waals surface area (Å²) in [5.74, 6) is 1.54. The van der Waals surface area contributed by atoms with E-state index in [1.54, 1.807) is 0 Å². The molecule has 1 N–H and O–H groups in total. The standard InChI is InChI=1S/C13H27NO/c1-10(2)5-6-15-13-8-12(14-9-13)7-11(3)4/h10-14H,5-9H2,1-4H3. The second-order valence-electron chi connectivity index (χ2n) is 5.65. The normalized spacial score (nSPS) is 26.8. The van der Waals surface area contributed by atoms with Crippen LogP contribution in [0.2, 0.25) is 0 Å². The van der Waals surface area contributed by atoms with E-state index in [1.165, 1.54) is 19.3 Å². The maximum absolute atomic E-state index is 5.86. The van der Waals surface area contributed by atoms with Gasteiger partial charge in [-0.1, -0.05) is 27.7 Å². The summed E-state index contributed by atoms with van der Waals surface area (Å²) in [7, 11) is 0. The van der Waals surface area contributed by atoms with E-state index in [4.69, 9.17) is 4.74 Å². The fraction of sp³-hybridized carbons (Fsp3) is 1.00. The van der Waals surface area contributed by atoms with Crippen molar-refractivity contribution in [3.63, 3.8) is 0 Å². The van der Waals surface area contributed by atoms with Crippen LogP contribution in [0.4, 0.5) is 0 Å². The lowest BCUT2D eigenvalue weighted by Gasteiger charge is -2.14. The Hall–Kier alpha value is -0.0800. The molecule has 0 saturated carbocycles. The van der Waals surface area contributed by atoms with Crippen LogP contribution in [-0.4, -0.2) is 25.3 Å². The summed E-state index contributed by atoms with van der Waals surface area (Å²) in [4.78, 5) is 0. The van der Waals surface area contributed by atoms with Crippen LogP contribution in [0.5, 0.6) is 0 Å². The Morgan fingerprint density at radius 2 is 1.93 bits per heavy atom. The maximum Gasteiger partial charge on any atom is 0.0714 e. The zero-order valence-electron chi connectivity index (χ0n) is 10.8. The van der Waals surface area contributed by atoms with Gasteiger partial charge in [-0.05, 0) is 31.1 Å². The summed E-state index contributed by atoms with van der Waals surface area (Å²) in [6.07, 6.45) is 4.14. The molecule has 0 radical (unpaired) electrons. The summed E-state index contributed by atoms with van der Waals surface area (Å²) in [5.41, 5.74) is 0. The molecule has 2 atom stereocenters. The molecule has 2 heteroatoms. The molecule has 0 aromatic carbocycles. The van der Waals surface area contributed by atoms with Crippen LogP contribution < -0.4 is 5.32 Å². The molecule has 15 heavy (non-hydrogen) atoms. The highest BCUT2D eigenvalue weighted by molar-refractivity contribution is 4.82. The highest BCUT2D eigenvalue weighted by atomic mass is 16.5. The first-order valence-corrected chi connectivity index (χ1v) is 6.43. The van der Waals surface area contributed by atoms with Crippen LogP contribution in [0.3, 0.4) is 0 Å². The predicted octanol–water partition coefficient (Wildman–Crippen LogP) is 2.83. The molecule has 1 heterocycles. The molecule has 0 aromatic heterocycles. The summed E-state index contributed by atoms with van der Waals surface area (Å²) < 4.78 is 5.86. The lowest BCUT2D eigenvalue weighted by Crippen LogP contribution is -2.23. The third kappa shape index (κ3) is 5.53. The summed E-state index contributed by atoms with van der Waals surface area (Å²) in [5, 5.41) is 3.55. The zero-order chi connectivity index (χ0) is 11.3. The largest absolute Gasteiger partial charge is 0.377 e. The fourth-order valence-electron chi connectivity index (χ4n) is 2.13. The Morgan fingerprint density at radius 3 is 2.53 bits per heavy atom. The van der Waals surface area contributed by atoms with Gasteiger partial charge in [-0.2, -0.15) is 0 Å². The van der Waals surface area contributed by atoms with Crippen molar-refractivity contribution in [3.05, 3.63) is 0 Å². The lowest BCUT2D eigenvalue weighted by atomic mass is 10.0. The maximum atomic E-state index is 5.86. The summed E-state index contributed by atoms with van der Waals surface area (Å²) in [6.45, 7) is 11.0. The van der Waals surface area contributed by atoms with Gasteiger partial charge in [0.25, 0.3) is 0 Å². The van der Waals surface area contributed by atoms with Crippen LogP contribution in [0.15, 0.2) is 0 Å². The van der Waals surface area contributed by atoms with Crippen molar-refractivity contribution in [2.75, 3.05) is 13.2 Å². The zero-order valence-corrected chi connectivity index (χ0v) is 10.8. The number of hydrogen-bond donors (Lipinski definition) is 1. The molecular weight excluding hydrogens is 186 g/mol. The SMILES string of the molecule is CC(C)CCOC1CNC(CC(C)C)C1. The quantitative estimate of drug-likeness (QED) is 0.732. The molecular formula is C13H27NO. The Morgan fingerprint density at radius 1 is 1.20 bits per heavy atom. The van der Waals surface area contributed by atoms with Gasteiger partial charge in [0.05, 0.1) is 6.10 Å². The Kier molecular flexibility index (Phi) is 5.62. The third-order valence-electron chi connectivity index (χ3n) is 2.99. The van der Waals surface area contributed by atoms with Gasteiger partial charge in [0.1, 0.15) is 0 Å². The molecule has 2 unspecified atom stereocenters. The van der Waals surface area contributed by atoms with Crippen LogP contribution in [0.1, 0.15) is 47.0 Å². The molecule has 1 aliphatic heterocycles. The second-order valence-corrected chi connectivity index (χ2v) is 5.65. The highest BCUT2D eigenvalue weighted by Crippen LogP contribution is 2.17. The molecule has 1 fully saturated rings. The van der Waals surface area contributed by atoms with Gasteiger partial charge in [-0.25, -0.2) is 0 Å². The Balaban J connectivity index is 2.08. The van der Waals surface area contributed by atoms with Gasteiger partial charge in [0.15, 0.2) is 0 Å². The van der Waals surface area contributed by atoms with Gasteiger partial charge in [-0.15, -0.1) is 0 Å². The van der Waals surface area contributed by atoms with E-state index in [1.807, 2.05) is 0 Å². The first kappa shape index (κ1) is 13.0. The van der Waals surface area contributed by atoms with E-state index >= 15 is 0 Å². The molecule has 1 saturated heterocycles. The average molecular weight is 213 g/mol. The number of nitrogens with one attached hydrogen (secondary N) is 1. The van der Waals surface area contributed by atoms with Crippen LogP contribution >= 0.6 is 0 Å². The predicted molar refractivity (Wildman–Crippen MR) is 65.1 cm³/mol. The monoisotopic (exact) mass is 213 g/mol. The van der Waals surface area contributed by atoms with Crippen molar-refractivity contribution in [3.8, 4) is 0 Å². The van der Waals surface area contributed by atoms with Crippen LogP contribution in [0.25, 0.3) is 0 Å². The second kappa shape index (κ2) is 6.49. The molecule has 0 spiro atoms. The van der Waals surface area contributed by atoms with E-state index < -0.39 is 0 Å². The molecule has 1 rings (SSSR count). The summed E-state index contributed by atoms with van der Waals surface area (Å²) >= 11 is 0. The van der Waals surface area contributed by atoms with E-state index in [9.17, 15) is 0 Å². The van der Waals surface area contributed by atoms with Gasteiger partial charge in [0, 0.05) is 19.2 Å². The number of rotatable bonds is 6. The molecule has 0 aromatic rings. The first-order valence-electron chi connectivity index (χ1n) is 6.43. The minimum absolute atomic E-state index is 0.465. The third-order valence-corrected chi connectivity index (χ3v) is 2.99. The molecule has 0 aliphatic carbocycles.